The van der Waals surface area contributed by atoms with Gasteiger partial charge in [-0.3, -0.25) is 24.5 Å². The molecule has 1 aromatic rings. The smallest absolute Gasteiger partial charge is 0.317 e. The molecule has 1 saturated carbocycles. The number of ketones is 1. The van der Waals surface area contributed by atoms with Crippen LogP contribution in [0.2, 0.25) is 0 Å². The van der Waals surface area contributed by atoms with E-state index in [9.17, 15) is 29.6 Å². The maximum absolute atomic E-state index is 13.1. The van der Waals surface area contributed by atoms with E-state index >= 15 is 0 Å². The molecule has 1 N–H and O–H groups in total. The van der Waals surface area contributed by atoms with Crippen LogP contribution in [0, 0.1) is 33.8 Å². The van der Waals surface area contributed by atoms with Crippen LogP contribution >= 0.6 is 0 Å². The van der Waals surface area contributed by atoms with Crippen LogP contribution in [0.25, 0.3) is 0 Å². The van der Waals surface area contributed by atoms with E-state index in [0.29, 0.717) is 5.56 Å². The molecule has 1 aliphatic carbocycles. The lowest BCUT2D eigenvalue weighted by Gasteiger charge is -2.43. The fraction of sp³-hybridized carbons (Fsp3) is 0.609. The molecule has 0 unspecified atom stereocenters. The molecule has 176 valence electrons. The number of ether oxygens (including phenoxy) is 2. The van der Waals surface area contributed by atoms with Crippen molar-refractivity contribution in [1.29, 1.82) is 0 Å². The summed E-state index contributed by atoms with van der Waals surface area (Å²) in [6.45, 7) is 8.97. The van der Waals surface area contributed by atoms with Crippen molar-refractivity contribution in [2.45, 2.75) is 52.6 Å². The Balaban J connectivity index is 2.55. The first-order valence-corrected chi connectivity index (χ1v) is 10.7. The summed E-state index contributed by atoms with van der Waals surface area (Å²) in [6, 6.07) is 5.25. The van der Waals surface area contributed by atoms with Crippen molar-refractivity contribution in [2.24, 2.45) is 23.7 Å². The number of nitrogens with zero attached hydrogens (tertiary/aromatic N) is 1. The first-order chi connectivity index (χ1) is 14.8. The van der Waals surface area contributed by atoms with Crippen LogP contribution in [0.3, 0.4) is 0 Å². The Hall–Kier alpha value is -2.81. The fourth-order valence-corrected chi connectivity index (χ4v) is 3.91. The molecule has 0 amide bonds. The number of nitro groups is 1. The third kappa shape index (κ3) is 5.91. The van der Waals surface area contributed by atoms with Crippen molar-refractivity contribution in [3.05, 3.63) is 39.9 Å². The van der Waals surface area contributed by atoms with Gasteiger partial charge in [0.25, 0.3) is 5.69 Å². The summed E-state index contributed by atoms with van der Waals surface area (Å²) >= 11 is 0. The molecule has 0 aliphatic heterocycles. The molecule has 0 saturated heterocycles. The molecule has 9 heteroatoms. The number of carbonyl (C=O) groups excluding carboxylic acids is 3. The first kappa shape index (κ1) is 25.5. The second-order valence-electron chi connectivity index (χ2n) is 9.38. The molecule has 2 rings (SSSR count). The molecule has 0 bridgehead atoms. The second-order valence-corrected chi connectivity index (χ2v) is 9.38. The van der Waals surface area contributed by atoms with E-state index in [2.05, 4.69) is 0 Å². The third-order valence-electron chi connectivity index (χ3n) is 5.38. The topological polar surface area (TPSA) is 133 Å². The van der Waals surface area contributed by atoms with E-state index in [-0.39, 0.29) is 30.7 Å². The fourth-order valence-electron chi connectivity index (χ4n) is 3.91. The lowest BCUT2D eigenvalue weighted by molar-refractivity contribution is -0.384. The van der Waals surface area contributed by atoms with E-state index in [1.165, 1.54) is 31.2 Å². The average Bonchev–Trinajstić information content (AvgIpc) is 2.69. The summed E-state index contributed by atoms with van der Waals surface area (Å²) in [6.07, 6.45) is -0.417. The Labute approximate surface area is 187 Å². The van der Waals surface area contributed by atoms with Gasteiger partial charge in [0.2, 0.25) is 0 Å². The predicted octanol–water partition coefficient (Wildman–Crippen LogP) is 3.03. The van der Waals surface area contributed by atoms with E-state index in [0.717, 1.165) is 0 Å². The summed E-state index contributed by atoms with van der Waals surface area (Å²) in [4.78, 5) is 49.4. The van der Waals surface area contributed by atoms with Crippen LogP contribution < -0.4 is 0 Å². The van der Waals surface area contributed by atoms with E-state index in [4.69, 9.17) is 9.47 Å². The van der Waals surface area contributed by atoms with Gasteiger partial charge < -0.3 is 14.6 Å². The summed E-state index contributed by atoms with van der Waals surface area (Å²) in [5.74, 6) is -5.68. The summed E-state index contributed by atoms with van der Waals surface area (Å²) in [5.41, 5.74) is -1.62. The highest BCUT2D eigenvalue weighted by molar-refractivity contribution is 6.02. The van der Waals surface area contributed by atoms with Gasteiger partial charge in [0.15, 0.2) is 5.78 Å². The molecular weight excluding hydrogens is 418 g/mol. The van der Waals surface area contributed by atoms with Crippen molar-refractivity contribution in [1.82, 2.24) is 0 Å². The molecule has 9 nitrogen and oxygen atoms in total. The van der Waals surface area contributed by atoms with Crippen molar-refractivity contribution in [3.8, 4) is 0 Å². The molecule has 1 aromatic carbocycles. The van der Waals surface area contributed by atoms with Crippen molar-refractivity contribution >= 4 is 23.4 Å². The minimum absolute atomic E-state index is 0.0328. The lowest BCUT2D eigenvalue weighted by atomic mass is 9.61. The zero-order chi connectivity index (χ0) is 24.2. The third-order valence-corrected chi connectivity index (χ3v) is 5.38. The average molecular weight is 450 g/mol. The van der Waals surface area contributed by atoms with Gasteiger partial charge in [-0.05, 0) is 24.3 Å². The van der Waals surface area contributed by atoms with Crippen LogP contribution in [-0.2, 0) is 23.9 Å². The number of nitro benzene ring substituents is 1. The van der Waals surface area contributed by atoms with Crippen LogP contribution in [-0.4, -0.2) is 46.6 Å². The van der Waals surface area contributed by atoms with E-state index in [1.54, 1.807) is 0 Å². The van der Waals surface area contributed by atoms with Crippen molar-refractivity contribution in [3.63, 3.8) is 0 Å². The molecule has 1 aliphatic rings. The number of carbonyl (C=O) groups is 3. The summed E-state index contributed by atoms with van der Waals surface area (Å²) in [7, 11) is 0. The summed E-state index contributed by atoms with van der Waals surface area (Å²) < 4.78 is 10.7. The molecule has 4 atom stereocenters. The number of hydrogen-bond donors (Lipinski definition) is 1. The zero-order valence-electron chi connectivity index (χ0n) is 19.1. The Bertz CT molecular complexity index is 859. The maximum atomic E-state index is 13.1. The van der Waals surface area contributed by atoms with E-state index in [1.807, 2.05) is 27.7 Å². The molecule has 0 radical (unpaired) electrons. The Morgan fingerprint density at radius 1 is 1.09 bits per heavy atom. The van der Waals surface area contributed by atoms with Crippen LogP contribution in [0.1, 0.15) is 52.5 Å². The SMILES string of the molecule is CC(C)COC(=O)[C@@H]1C(=O)C[C@](C)(O)[C@H](C(=O)OCC(C)C)[C@H]1c1ccc([N+](=O)[O-])cc1. The highest BCUT2D eigenvalue weighted by atomic mass is 16.6. The van der Waals surface area contributed by atoms with Gasteiger partial charge in [0, 0.05) is 24.5 Å². The minimum Gasteiger partial charge on any atom is -0.465 e. The largest absolute Gasteiger partial charge is 0.465 e. The van der Waals surface area contributed by atoms with Gasteiger partial charge in [-0.1, -0.05) is 39.8 Å². The predicted molar refractivity (Wildman–Crippen MR) is 115 cm³/mol. The number of benzene rings is 1. The molecule has 32 heavy (non-hydrogen) atoms. The molecule has 0 heterocycles. The molecule has 1 fully saturated rings. The van der Waals surface area contributed by atoms with Gasteiger partial charge in [0.05, 0.1) is 29.7 Å². The van der Waals surface area contributed by atoms with Crippen LogP contribution in [0.4, 0.5) is 5.69 Å². The normalized spacial score (nSPS) is 25.6. The van der Waals surface area contributed by atoms with Gasteiger partial charge in [-0.25, -0.2) is 0 Å². The number of hydrogen-bond acceptors (Lipinski definition) is 8. The molecule has 0 spiro atoms. The maximum Gasteiger partial charge on any atom is 0.317 e. The van der Waals surface area contributed by atoms with Gasteiger partial charge >= 0.3 is 11.9 Å². The van der Waals surface area contributed by atoms with Crippen LogP contribution in [0.15, 0.2) is 24.3 Å². The number of non-ortho nitro benzene ring substituents is 1. The van der Waals surface area contributed by atoms with Gasteiger partial charge in [0.1, 0.15) is 5.92 Å². The Morgan fingerprint density at radius 3 is 2.06 bits per heavy atom. The first-order valence-electron chi connectivity index (χ1n) is 10.7. The zero-order valence-corrected chi connectivity index (χ0v) is 19.1. The number of Topliss-reactive ketones (excluding diaryl/α,β-unsaturated/α-hetero) is 1. The van der Waals surface area contributed by atoms with E-state index < -0.39 is 52.4 Å². The van der Waals surface area contributed by atoms with Gasteiger partial charge in [-0.15, -0.1) is 0 Å². The minimum atomic E-state index is -1.77. The Kier molecular flexibility index (Phi) is 8.12. The second kappa shape index (κ2) is 10.2. The molecular formula is C23H31NO8. The number of rotatable bonds is 8. The van der Waals surface area contributed by atoms with Gasteiger partial charge in [-0.2, -0.15) is 0 Å². The Morgan fingerprint density at radius 2 is 1.59 bits per heavy atom. The highest BCUT2D eigenvalue weighted by Gasteiger charge is 2.57. The summed E-state index contributed by atoms with van der Waals surface area (Å²) in [5, 5.41) is 22.1. The molecule has 0 aromatic heterocycles. The number of aliphatic hydroxyl groups is 1. The lowest BCUT2D eigenvalue weighted by Crippen LogP contribution is -2.55. The standard InChI is InChI=1S/C23H31NO8/c1-13(2)11-31-21(26)19-17(25)10-23(5,28)20(22(27)32-12-14(3)4)18(19)15-6-8-16(9-7-15)24(29)30/h6-9,13-14,18-20,28H,10-12H2,1-5H3/t18-,19+,20-,23-/m0/s1. The monoisotopic (exact) mass is 449 g/mol. The van der Waals surface area contributed by atoms with Crippen molar-refractivity contribution in [2.75, 3.05) is 13.2 Å². The van der Waals surface area contributed by atoms with Crippen molar-refractivity contribution < 1.29 is 33.9 Å². The quantitative estimate of drug-likeness (QED) is 0.277. The van der Waals surface area contributed by atoms with Crippen LogP contribution in [0.5, 0.6) is 0 Å². The highest BCUT2D eigenvalue weighted by Crippen LogP contribution is 2.47. The number of esters is 2.